The molecule has 0 radical (unpaired) electrons. The van der Waals surface area contributed by atoms with E-state index in [4.69, 9.17) is 4.42 Å². The summed E-state index contributed by atoms with van der Waals surface area (Å²) in [6, 6.07) is 4.41. The summed E-state index contributed by atoms with van der Waals surface area (Å²) in [5.41, 5.74) is 0. The number of tetrazole rings is 1. The molecule has 1 fully saturated rings. The Morgan fingerprint density at radius 3 is 3.18 bits per heavy atom. The normalized spacial score (nSPS) is 15.3. The Kier molecular flexibility index (Phi) is 2.87. The van der Waals surface area contributed by atoms with Gasteiger partial charge in [0.1, 0.15) is 0 Å². The first kappa shape index (κ1) is 10.5. The summed E-state index contributed by atoms with van der Waals surface area (Å²) in [7, 11) is 0. The van der Waals surface area contributed by atoms with Gasteiger partial charge < -0.3 is 9.73 Å². The molecule has 6 heteroatoms. The molecule has 1 saturated carbocycles. The number of aromatic nitrogens is 4. The number of hydrogen-bond acceptors (Lipinski definition) is 5. The van der Waals surface area contributed by atoms with Gasteiger partial charge in [-0.05, 0) is 43.2 Å². The number of hydrogen-bond donors (Lipinski definition) is 1. The molecule has 0 saturated heterocycles. The largest absolute Gasteiger partial charge is 0.461 e. The molecule has 1 aliphatic rings. The predicted octanol–water partition coefficient (Wildman–Crippen LogP) is 1.08. The summed E-state index contributed by atoms with van der Waals surface area (Å²) in [4.78, 5) is 1.62. The fourth-order valence-electron chi connectivity index (χ4n) is 1.66. The molecule has 0 aromatic carbocycles. The number of nitrogens with zero attached hydrogens (tertiary/aromatic N) is 4. The van der Waals surface area contributed by atoms with Crippen molar-refractivity contribution in [1.82, 2.24) is 25.5 Å². The molecule has 0 amide bonds. The smallest absolute Gasteiger partial charge is 0.240 e. The van der Waals surface area contributed by atoms with Crippen molar-refractivity contribution in [2.45, 2.75) is 31.8 Å². The molecule has 17 heavy (non-hydrogen) atoms. The molecule has 2 heterocycles. The van der Waals surface area contributed by atoms with Crippen LogP contribution >= 0.6 is 0 Å². The maximum Gasteiger partial charge on any atom is 0.240 e. The lowest BCUT2D eigenvalue weighted by Crippen LogP contribution is -2.19. The van der Waals surface area contributed by atoms with E-state index in [1.54, 1.807) is 11.1 Å². The van der Waals surface area contributed by atoms with E-state index < -0.39 is 0 Å². The Labute approximate surface area is 99.0 Å². The van der Waals surface area contributed by atoms with Crippen LogP contribution < -0.4 is 5.32 Å². The first-order valence-corrected chi connectivity index (χ1v) is 5.97. The van der Waals surface area contributed by atoms with E-state index in [0.29, 0.717) is 11.6 Å². The number of furan rings is 1. The Morgan fingerprint density at radius 2 is 2.41 bits per heavy atom. The van der Waals surface area contributed by atoms with Crippen LogP contribution in [0.2, 0.25) is 0 Å². The van der Waals surface area contributed by atoms with Gasteiger partial charge in [0.15, 0.2) is 5.76 Å². The zero-order valence-electron chi connectivity index (χ0n) is 9.54. The molecule has 1 N–H and O–H groups in total. The van der Waals surface area contributed by atoms with Crippen molar-refractivity contribution >= 4 is 0 Å². The maximum absolute atomic E-state index is 5.21. The van der Waals surface area contributed by atoms with E-state index in [1.165, 1.54) is 12.8 Å². The molecule has 2 aromatic heterocycles. The maximum atomic E-state index is 5.21. The molecule has 0 spiro atoms. The Morgan fingerprint density at radius 1 is 1.47 bits per heavy atom. The molecule has 0 atom stereocenters. The van der Waals surface area contributed by atoms with Gasteiger partial charge in [-0.3, -0.25) is 0 Å². The lowest BCUT2D eigenvalue weighted by Gasteiger charge is -2.00. The van der Waals surface area contributed by atoms with E-state index >= 15 is 0 Å². The Balaban J connectivity index is 1.50. The van der Waals surface area contributed by atoms with E-state index in [-0.39, 0.29) is 0 Å². The molecule has 3 rings (SSSR count). The van der Waals surface area contributed by atoms with Crippen molar-refractivity contribution in [2.24, 2.45) is 0 Å². The summed E-state index contributed by atoms with van der Waals surface area (Å²) >= 11 is 0. The van der Waals surface area contributed by atoms with Crippen LogP contribution in [0.5, 0.6) is 0 Å². The minimum absolute atomic E-state index is 0.546. The van der Waals surface area contributed by atoms with E-state index in [1.807, 2.05) is 12.1 Å². The number of nitrogens with one attached hydrogen (secondary N) is 1. The fourth-order valence-corrected chi connectivity index (χ4v) is 1.66. The van der Waals surface area contributed by atoms with E-state index in [0.717, 1.165) is 25.6 Å². The average molecular weight is 233 g/mol. The molecule has 2 aromatic rings. The predicted molar refractivity (Wildman–Crippen MR) is 61.2 cm³/mol. The van der Waals surface area contributed by atoms with Gasteiger partial charge in [-0.1, -0.05) is 0 Å². The molecule has 0 bridgehead atoms. The second-order valence-electron chi connectivity index (χ2n) is 4.27. The van der Waals surface area contributed by atoms with Crippen LogP contribution in [0.25, 0.3) is 11.6 Å². The first-order valence-electron chi connectivity index (χ1n) is 5.97. The van der Waals surface area contributed by atoms with Crippen molar-refractivity contribution in [1.29, 1.82) is 0 Å². The van der Waals surface area contributed by atoms with Crippen molar-refractivity contribution in [3.63, 3.8) is 0 Å². The van der Waals surface area contributed by atoms with Gasteiger partial charge in [0.05, 0.1) is 12.8 Å². The number of rotatable bonds is 6. The Hall–Kier alpha value is -1.69. The molecular weight excluding hydrogens is 218 g/mol. The monoisotopic (exact) mass is 233 g/mol. The summed E-state index contributed by atoms with van der Waals surface area (Å²) in [5, 5.41) is 15.7. The van der Waals surface area contributed by atoms with Gasteiger partial charge in [-0.15, -0.1) is 10.2 Å². The Bertz CT molecular complexity index is 460. The van der Waals surface area contributed by atoms with Gasteiger partial charge in [0.25, 0.3) is 0 Å². The summed E-state index contributed by atoms with van der Waals surface area (Å²) in [5.74, 6) is 1.21. The summed E-state index contributed by atoms with van der Waals surface area (Å²) < 4.78 is 5.21. The van der Waals surface area contributed by atoms with Crippen LogP contribution in [0, 0.1) is 0 Å². The van der Waals surface area contributed by atoms with Crippen LogP contribution in [-0.4, -0.2) is 32.8 Å². The SMILES string of the molecule is c1coc(-c2nnn(CCCNC3CC3)n2)c1. The molecule has 90 valence electrons. The van der Waals surface area contributed by atoms with Crippen molar-refractivity contribution in [2.75, 3.05) is 6.54 Å². The van der Waals surface area contributed by atoms with E-state index in [2.05, 4.69) is 20.7 Å². The highest BCUT2D eigenvalue weighted by Gasteiger charge is 2.19. The zero-order valence-corrected chi connectivity index (χ0v) is 9.54. The van der Waals surface area contributed by atoms with Gasteiger partial charge in [0.2, 0.25) is 5.82 Å². The van der Waals surface area contributed by atoms with Gasteiger partial charge in [-0.2, -0.15) is 4.80 Å². The van der Waals surface area contributed by atoms with Crippen molar-refractivity contribution in [3.8, 4) is 11.6 Å². The lowest BCUT2D eigenvalue weighted by atomic mass is 10.4. The molecule has 1 aliphatic carbocycles. The molecular formula is C11H15N5O. The quantitative estimate of drug-likeness (QED) is 0.756. The van der Waals surface area contributed by atoms with Crippen LogP contribution in [-0.2, 0) is 6.54 Å². The van der Waals surface area contributed by atoms with Crippen molar-refractivity contribution in [3.05, 3.63) is 18.4 Å². The van der Waals surface area contributed by atoms with Gasteiger partial charge >= 0.3 is 0 Å². The topological polar surface area (TPSA) is 68.8 Å². The third-order valence-electron chi connectivity index (χ3n) is 2.74. The van der Waals surface area contributed by atoms with Gasteiger partial charge in [0, 0.05) is 6.04 Å². The fraction of sp³-hybridized carbons (Fsp3) is 0.545. The molecule has 0 unspecified atom stereocenters. The highest BCUT2D eigenvalue weighted by atomic mass is 16.3. The van der Waals surface area contributed by atoms with Crippen LogP contribution in [0.1, 0.15) is 19.3 Å². The van der Waals surface area contributed by atoms with Crippen LogP contribution in [0.4, 0.5) is 0 Å². The van der Waals surface area contributed by atoms with Gasteiger partial charge in [-0.25, -0.2) is 0 Å². The first-order chi connectivity index (χ1) is 8.42. The summed E-state index contributed by atoms with van der Waals surface area (Å²) in [6.07, 6.45) is 5.27. The van der Waals surface area contributed by atoms with E-state index in [9.17, 15) is 0 Å². The highest BCUT2D eigenvalue weighted by Crippen LogP contribution is 2.18. The standard InChI is InChI=1S/C11H15N5O/c1-3-10(17-8-1)11-13-15-16(14-11)7-2-6-12-9-4-5-9/h1,3,8-9,12H,2,4-7H2. The van der Waals surface area contributed by atoms with Crippen molar-refractivity contribution < 1.29 is 4.42 Å². The second kappa shape index (κ2) is 4.67. The third kappa shape index (κ3) is 2.71. The second-order valence-corrected chi connectivity index (χ2v) is 4.27. The van der Waals surface area contributed by atoms with Crippen LogP contribution in [0.15, 0.2) is 22.8 Å². The lowest BCUT2D eigenvalue weighted by molar-refractivity contribution is 0.482. The highest BCUT2D eigenvalue weighted by molar-refractivity contribution is 5.43. The number of aryl methyl sites for hydroxylation is 1. The van der Waals surface area contributed by atoms with Crippen LogP contribution in [0.3, 0.4) is 0 Å². The molecule has 0 aliphatic heterocycles. The zero-order chi connectivity index (χ0) is 11.5. The minimum atomic E-state index is 0.546. The average Bonchev–Trinajstić information content (AvgIpc) is 2.84. The minimum Gasteiger partial charge on any atom is -0.461 e. The summed E-state index contributed by atoms with van der Waals surface area (Å²) in [6.45, 7) is 1.80. The third-order valence-corrected chi connectivity index (χ3v) is 2.74. The molecule has 6 nitrogen and oxygen atoms in total.